The molecule has 0 aliphatic heterocycles. The van der Waals surface area contributed by atoms with Crippen LogP contribution >= 0.6 is 0 Å². The zero-order valence-corrected chi connectivity index (χ0v) is 8.70. The van der Waals surface area contributed by atoms with Crippen LogP contribution in [0.25, 0.3) is 0 Å². The van der Waals surface area contributed by atoms with Crippen molar-refractivity contribution < 1.29 is 5.11 Å². The summed E-state index contributed by atoms with van der Waals surface area (Å²) in [6, 6.07) is 1.87. The van der Waals surface area contributed by atoms with E-state index in [1.807, 2.05) is 19.9 Å². The van der Waals surface area contributed by atoms with Gasteiger partial charge in [-0.1, -0.05) is 6.92 Å². The molecule has 0 aliphatic rings. The monoisotopic (exact) mass is 195 g/mol. The number of nitrogens with one attached hydrogen (secondary N) is 1. The Morgan fingerprint density at radius 2 is 2.36 bits per heavy atom. The van der Waals surface area contributed by atoms with Gasteiger partial charge in [0.15, 0.2) is 0 Å². The highest BCUT2D eigenvalue weighted by Gasteiger charge is 2.00. The second-order valence-electron chi connectivity index (χ2n) is 3.29. The van der Waals surface area contributed by atoms with Crippen molar-refractivity contribution in [2.24, 2.45) is 0 Å². The number of hydrogen-bond acceptors (Lipinski definition) is 4. The van der Waals surface area contributed by atoms with E-state index < -0.39 is 0 Å². The molecule has 0 spiro atoms. The van der Waals surface area contributed by atoms with Crippen LogP contribution in [0.4, 0.5) is 0 Å². The Labute approximate surface area is 84.4 Å². The molecule has 1 aromatic heterocycles. The van der Waals surface area contributed by atoms with Gasteiger partial charge in [-0.15, -0.1) is 0 Å². The van der Waals surface area contributed by atoms with Crippen LogP contribution in [0.3, 0.4) is 0 Å². The van der Waals surface area contributed by atoms with Gasteiger partial charge in [-0.25, -0.2) is 9.97 Å². The van der Waals surface area contributed by atoms with Crippen LogP contribution in [-0.4, -0.2) is 27.7 Å². The fourth-order valence-corrected chi connectivity index (χ4v) is 1.11. The number of aromatic nitrogens is 2. The Hall–Kier alpha value is -1.00. The number of aliphatic hydroxyl groups is 1. The minimum absolute atomic E-state index is 0.266. The van der Waals surface area contributed by atoms with Crippen molar-refractivity contribution in [2.75, 3.05) is 6.54 Å². The molecule has 4 heteroatoms. The molecule has 0 saturated carbocycles. The van der Waals surface area contributed by atoms with Crippen molar-refractivity contribution in [3.63, 3.8) is 0 Å². The Bertz CT molecular complexity index is 278. The largest absolute Gasteiger partial charge is 0.392 e. The van der Waals surface area contributed by atoms with Gasteiger partial charge in [0.05, 0.1) is 11.8 Å². The van der Waals surface area contributed by atoms with E-state index in [4.69, 9.17) is 0 Å². The molecule has 1 atom stereocenters. The van der Waals surface area contributed by atoms with Crippen LogP contribution in [0.1, 0.15) is 24.9 Å². The molecular weight excluding hydrogens is 178 g/mol. The molecule has 14 heavy (non-hydrogen) atoms. The van der Waals surface area contributed by atoms with Crippen molar-refractivity contribution in [1.82, 2.24) is 15.3 Å². The molecule has 1 rings (SSSR count). The van der Waals surface area contributed by atoms with Crippen molar-refractivity contribution in [3.8, 4) is 0 Å². The first-order chi connectivity index (χ1) is 6.72. The van der Waals surface area contributed by atoms with Gasteiger partial charge in [0.1, 0.15) is 5.82 Å². The minimum atomic E-state index is -0.266. The lowest BCUT2D eigenvalue weighted by Gasteiger charge is -2.08. The van der Waals surface area contributed by atoms with E-state index >= 15 is 0 Å². The second kappa shape index (κ2) is 5.67. The lowest BCUT2D eigenvalue weighted by atomic mass is 10.3. The van der Waals surface area contributed by atoms with Gasteiger partial charge in [0, 0.05) is 19.3 Å². The number of aliphatic hydroxyl groups excluding tert-OH is 1. The van der Waals surface area contributed by atoms with E-state index in [0.29, 0.717) is 13.1 Å². The summed E-state index contributed by atoms with van der Waals surface area (Å²) >= 11 is 0. The zero-order chi connectivity index (χ0) is 10.4. The fourth-order valence-electron chi connectivity index (χ4n) is 1.11. The zero-order valence-electron chi connectivity index (χ0n) is 8.70. The van der Waals surface area contributed by atoms with Crippen LogP contribution in [-0.2, 0) is 6.54 Å². The number of rotatable bonds is 5. The van der Waals surface area contributed by atoms with Gasteiger partial charge in [0.25, 0.3) is 0 Å². The van der Waals surface area contributed by atoms with E-state index in [1.54, 1.807) is 6.20 Å². The van der Waals surface area contributed by atoms with Crippen LogP contribution in [0.2, 0.25) is 0 Å². The third-order valence-corrected chi connectivity index (χ3v) is 1.99. The van der Waals surface area contributed by atoms with E-state index in [9.17, 15) is 5.11 Å². The maximum Gasteiger partial charge on any atom is 0.125 e. The fraction of sp³-hybridized carbons (Fsp3) is 0.600. The van der Waals surface area contributed by atoms with Crippen LogP contribution in [0.5, 0.6) is 0 Å². The van der Waals surface area contributed by atoms with Gasteiger partial charge >= 0.3 is 0 Å². The highest BCUT2D eigenvalue weighted by atomic mass is 16.3. The molecule has 1 unspecified atom stereocenters. The number of hydrogen-bond donors (Lipinski definition) is 2. The average molecular weight is 195 g/mol. The summed E-state index contributed by atoms with van der Waals surface area (Å²) in [5, 5.41) is 12.4. The summed E-state index contributed by atoms with van der Waals surface area (Å²) in [4.78, 5) is 8.25. The summed E-state index contributed by atoms with van der Waals surface area (Å²) in [6.07, 6.45) is 2.25. The average Bonchev–Trinajstić information content (AvgIpc) is 2.17. The normalized spacial score (nSPS) is 12.8. The van der Waals surface area contributed by atoms with E-state index in [2.05, 4.69) is 15.3 Å². The third-order valence-electron chi connectivity index (χ3n) is 1.99. The van der Waals surface area contributed by atoms with Crippen molar-refractivity contribution >= 4 is 0 Å². The molecule has 0 aromatic carbocycles. The maximum atomic E-state index is 9.30. The standard InChI is InChI=1S/C10H17N3O/c1-3-10(14)7-11-6-9-4-5-12-8(2)13-9/h4-5,10-11,14H,3,6-7H2,1-2H3. The molecule has 0 amide bonds. The van der Waals surface area contributed by atoms with Gasteiger partial charge < -0.3 is 10.4 Å². The summed E-state index contributed by atoms with van der Waals surface area (Å²) in [5.41, 5.74) is 0.959. The van der Waals surface area contributed by atoms with Gasteiger partial charge in [-0.05, 0) is 19.4 Å². The lowest BCUT2D eigenvalue weighted by Crippen LogP contribution is -2.26. The molecule has 0 fully saturated rings. The number of aryl methyl sites for hydroxylation is 1. The predicted molar refractivity (Wildman–Crippen MR) is 54.8 cm³/mol. The third kappa shape index (κ3) is 3.81. The number of nitrogens with zero attached hydrogens (tertiary/aromatic N) is 2. The molecule has 1 aromatic rings. The Kier molecular flexibility index (Phi) is 4.49. The maximum absolute atomic E-state index is 9.30. The molecule has 0 bridgehead atoms. The first-order valence-electron chi connectivity index (χ1n) is 4.89. The summed E-state index contributed by atoms with van der Waals surface area (Å²) < 4.78 is 0. The molecule has 78 valence electrons. The van der Waals surface area contributed by atoms with E-state index in [0.717, 1.165) is 17.9 Å². The molecule has 0 radical (unpaired) electrons. The molecular formula is C10H17N3O. The summed E-state index contributed by atoms with van der Waals surface area (Å²) in [7, 11) is 0. The summed E-state index contributed by atoms with van der Waals surface area (Å²) in [6.45, 7) is 5.12. The van der Waals surface area contributed by atoms with Gasteiger partial charge in [0.2, 0.25) is 0 Å². The molecule has 0 saturated heterocycles. The molecule has 0 aliphatic carbocycles. The topological polar surface area (TPSA) is 58.0 Å². The van der Waals surface area contributed by atoms with Crippen LogP contribution < -0.4 is 5.32 Å². The smallest absolute Gasteiger partial charge is 0.125 e. The lowest BCUT2D eigenvalue weighted by molar-refractivity contribution is 0.167. The van der Waals surface area contributed by atoms with E-state index in [-0.39, 0.29) is 6.10 Å². The summed E-state index contributed by atoms with van der Waals surface area (Å²) in [5.74, 6) is 0.778. The van der Waals surface area contributed by atoms with Crippen molar-refractivity contribution in [3.05, 3.63) is 23.8 Å². The Morgan fingerprint density at radius 3 is 3.00 bits per heavy atom. The second-order valence-corrected chi connectivity index (χ2v) is 3.29. The first kappa shape index (κ1) is 11.1. The highest BCUT2D eigenvalue weighted by Crippen LogP contribution is 1.94. The molecule has 1 heterocycles. The predicted octanol–water partition coefficient (Wildman–Crippen LogP) is 0.646. The van der Waals surface area contributed by atoms with Gasteiger partial charge in [-0.2, -0.15) is 0 Å². The van der Waals surface area contributed by atoms with Gasteiger partial charge in [-0.3, -0.25) is 0 Å². The Balaban J connectivity index is 2.31. The van der Waals surface area contributed by atoms with Crippen molar-refractivity contribution in [1.29, 1.82) is 0 Å². The van der Waals surface area contributed by atoms with Crippen LogP contribution in [0.15, 0.2) is 12.3 Å². The van der Waals surface area contributed by atoms with Crippen LogP contribution in [0, 0.1) is 6.92 Å². The van der Waals surface area contributed by atoms with E-state index in [1.165, 1.54) is 0 Å². The quantitative estimate of drug-likeness (QED) is 0.724. The minimum Gasteiger partial charge on any atom is -0.392 e. The highest BCUT2D eigenvalue weighted by molar-refractivity contribution is 5.00. The molecule has 2 N–H and O–H groups in total. The molecule has 4 nitrogen and oxygen atoms in total. The Morgan fingerprint density at radius 1 is 1.57 bits per heavy atom. The SMILES string of the molecule is CCC(O)CNCc1ccnc(C)n1. The first-order valence-corrected chi connectivity index (χ1v) is 4.89. The van der Waals surface area contributed by atoms with Crippen molar-refractivity contribution in [2.45, 2.75) is 32.9 Å².